The molecule has 0 atom stereocenters. The van der Waals surface area contributed by atoms with Gasteiger partial charge in [-0.1, -0.05) is 24.3 Å². The molecule has 0 unspecified atom stereocenters. The van der Waals surface area contributed by atoms with E-state index in [1.165, 1.54) is 11.1 Å². The zero-order valence-electron chi connectivity index (χ0n) is 15.1. The predicted molar refractivity (Wildman–Crippen MR) is 102 cm³/mol. The Morgan fingerprint density at radius 3 is 2.69 bits per heavy atom. The second-order valence-electron chi connectivity index (χ2n) is 6.07. The summed E-state index contributed by atoms with van der Waals surface area (Å²) < 4.78 is 2.12. The minimum absolute atomic E-state index is 0.103. The van der Waals surface area contributed by atoms with Crippen molar-refractivity contribution in [3.63, 3.8) is 0 Å². The van der Waals surface area contributed by atoms with Crippen LogP contribution in [0.4, 0.5) is 5.82 Å². The Balaban J connectivity index is 1.60. The smallest absolute Gasteiger partial charge is 0.252 e. The van der Waals surface area contributed by atoms with Crippen LogP contribution < -0.4 is 10.6 Å². The van der Waals surface area contributed by atoms with Gasteiger partial charge in [0, 0.05) is 38.2 Å². The topological polar surface area (TPSA) is 71.8 Å². The van der Waals surface area contributed by atoms with Crippen molar-refractivity contribution in [2.45, 2.75) is 26.9 Å². The van der Waals surface area contributed by atoms with E-state index in [1.807, 2.05) is 32.3 Å². The van der Waals surface area contributed by atoms with Crippen molar-refractivity contribution in [3.05, 3.63) is 77.5 Å². The largest absolute Gasteiger partial charge is 0.366 e. The molecule has 0 saturated heterocycles. The molecule has 2 N–H and O–H groups in total. The van der Waals surface area contributed by atoms with Crippen LogP contribution in [0, 0.1) is 6.92 Å². The maximum absolute atomic E-state index is 11.7. The summed E-state index contributed by atoms with van der Waals surface area (Å²) >= 11 is 0. The molecule has 1 amide bonds. The lowest BCUT2D eigenvalue weighted by Gasteiger charge is -2.09. The first-order chi connectivity index (χ1) is 12.7. The quantitative estimate of drug-likeness (QED) is 0.688. The van der Waals surface area contributed by atoms with Crippen LogP contribution in [0.1, 0.15) is 34.2 Å². The Kier molecular flexibility index (Phi) is 5.63. The van der Waals surface area contributed by atoms with Gasteiger partial charge in [0.2, 0.25) is 0 Å². The zero-order chi connectivity index (χ0) is 18.4. The fraction of sp³-hybridized carbons (Fsp3) is 0.250. The van der Waals surface area contributed by atoms with Crippen molar-refractivity contribution in [1.29, 1.82) is 0 Å². The monoisotopic (exact) mass is 349 g/mol. The lowest BCUT2D eigenvalue weighted by atomic mass is 10.1. The molecule has 134 valence electrons. The highest BCUT2D eigenvalue weighted by molar-refractivity contribution is 5.93. The molecule has 3 aromatic rings. The summed E-state index contributed by atoms with van der Waals surface area (Å²) in [5, 5.41) is 6.06. The van der Waals surface area contributed by atoms with Gasteiger partial charge in [-0.3, -0.25) is 4.79 Å². The lowest BCUT2D eigenvalue weighted by Crippen LogP contribution is -2.22. The van der Waals surface area contributed by atoms with Crippen molar-refractivity contribution < 1.29 is 4.79 Å². The molecular formula is C20H23N5O. The molecule has 0 radical (unpaired) electrons. The number of pyridine rings is 1. The summed E-state index contributed by atoms with van der Waals surface area (Å²) in [5.74, 6) is 1.65. The summed E-state index contributed by atoms with van der Waals surface area (Å²) in [5.41, 5.74) is 2.97. The Morgan fingerprint density at radius 1 is 1.15 bits per heavy atom. The van der Waals surface area contributed by atoms with E-state index in [1.54, 1.807) is 12.3 Å². The molecule has 3 rings (SSSR count). The number of imidazole rings is 1. The highest BCUT2D eigenvalue weighted by Gasteiger charge is 2.05. The first-order valence-corrected chi connectivity index (χ1v) is 8.69. The molecule has 6 heteroatoms. The van der Waals surface area contributed by atoms with E-state index in [0.717, 1.165) is 18.2 Å². The van der Waals surface area contributed by atoms with E-state index in [-0.39, 0.29) is 5.91 Å². The predicted octanol–water partition coefficient (Wildman–Crippen LogP) is 3.00. The first-order valence-electron chi connectivity index (χ1n) is 8.69. The molecule has 0 spiro atoms. The number of hydrogen-bond acceptors (Lipinski definition) is 4. The number of nitrogens with zero attached hydrogens (tertiary/aromatic N) is 3. The van der Waals surface area contributed by atoms with Crippen molar-refractivity contribution in [1.82, 2.24) is 19.9 Å². The van der Waals surface area contributed by atoms with Crippen molar-refractivity contribution >= 4 is 11.7 Å². The summed E-state index contributed by atoms with van der Waals surface area (Å²) in [6.07, 6.45) is 5.39. The normalized spacial score (nSPS) is 10.5. The number of anilines is 1. The average molecular weight is 349 g/mol. The standard InChI is InChI=1S/C20H23N5O/c1-3-21-20(26)18-7-8-19(24-13-18)23-12-16-5-4-6-17(11-16)14-25-10-9-22-15(25)2/h4-11,13H,3,12,14H2,1-2H3,(H,21,26)(H,23,24). The molecule has 0 bridgehead atoms. The Labute approximate surface area is 153 Å². The Hall–Kier alpha value is -3.15. The Bertz CT molecular complexity index is 870. The van der Waals surface area contributed by atoms with Crippen LogP contribution in [0.3, 0.4) is 0 Å². The van der Waals surface area contributed by atoms with E-state index < -0.39 is 0 Å². The third kappa shape index (κ3) is 4.47. The first kappa shape index (κ1) is 17.7. The molecule has 0 aliphatic rings. The number of nitrogens with one attached hydrogen (secondary N) is 2. The number of benzene rings is 1. The van der Waals surface area contributed by atoms with Gasteiger partial charge in [-0.25, -0.2) is 9.97 Å². The maximum atomic E-state index is 11.7. The van der Waals surface area contributed by atoms with Crippen molar-refractivity contribution in [3.8, 4) is 0 Å². The van der Waals surface area contributed by atoms with Crippen LogP contribution in [-0.4, -0.2) is 27.0 Å². The second kappa shape index (κ2) is 8.29. The van der Waals surface area contributed by atoms with E-state index >= 15 is 0 Å². The molecule has 6 nitrogen and oxygen atoms in total. The van der Waals surface area contributed by atoms with Gasteiger partial charge >= 0.3 is 0 Å². The highest BCUT2D eigenvalue weighted by Crippen LogP contribution is 2.11. The van der Waals surface area contributed by atoms with Crippen LogP contribution in [-0.2, 0) is 13.1 Å². The number of carbonyl (C=O) groups excluding carboxylic acids is 1. The van der Waals surface area contributed by atoms with Crippen LogP contribution in [0.25, 0.3) is 0 Å². The van der Waals surface area contributed by atoms with Gasteiger partial charge in [-0.2, -0.15) is 0 Å². The highest BCUT2D eigenvalue weighted by atomic mass is 16.1. The third-order valence-electron chi connectivity index (χ3n) is 4.10. The van der Waals surface area contributed by atoms with Gasteiger partial charge in [0.05, 0.1) is 5.56 Å². The van der Waals surface area contributed by atoms with Gasteiger partial charge in [0.15, 0.2) is 0 Å². The molecule has 0 aliphatic heterocycles. The number of aryl methyl sites for hydroxylation is 1. The summed E-state index contributed by atoms with van der Waals surface area (Å²) in [4.78, 5) is 20.3. The summed E-state index contributed by atoms with van der Waals surface area (Å²) in [6.45, 7) is 5.97. The van der Waals surface area contributed by atoms with Gasteiger partial charge in [-0.05, 0) is 37.1 Å². The second-order valence-corrected chi connectivity index (χ2v) is 6.07. The van der Waals surface area contributed by atoms with E-state index in [2.05, 4.69) is 49.4 Å². The maximum Gasteiger partial charge on any atom is 0.252 e. The minimum atomic E-state index is -0.103. The summed E-state index contributed by atoms with van der Waals surface area (Å²) in [7, 11) is 0. The van der Waals surface area contributed by atoms with Crippen molar-refractivity contribution in [2.24, 2.45) is 0 Å². The van der Waals surface area contributed by atoms with Gasteiger partial charge in [-0.15, -0.1) is 0 Å². The zero-order valence-corrected chi connectivity index (χ0v) is 15.1. The fourth-order valence-corrected chi connectivity index (χ4v) is 2.69. The molecule has 0 saturated carbocycles. The van der Waals surface area contributed by atoms with Gasteiger partial charge in [0.1, 0.15) is 11.6 Å². The minimum Gasteiger partial charge on any atom is -0.366 e. The van der Waals surface area contributed by atoms with Gasteiger partial charge in [0.25, 0.3) is 5.91 Å². The van der Waals surface area contributed by atoms with Gasteiger partial charge < -0.3 is 15.2 Å². The fourth-order valence-electron chi connectivity index (χ4n) is 2.69. The number of amides is 1. The number of aromatic nitrogens is 3. The molecule has 26 heavy (non-hydrogen) atoms. The Morgan fingerprint density at radius 2 is 2.00 bits per heavy atom. The van der Waals surface area contributed by atoms with Crippen LogP contribution >= 0.6 is 0 Å². The van der Waals surface area contributed by atoms with E-state index in [9.17, 15) is 4.79 Å². The summed E-state index contributed by atoms with van der Waals surface area (Å²) in [6, 6.07) is 12.0. The number of carbonyl (C=O) groups is 1. The van der Waals surface area contributed by atoms with Crippen LogP contribution in [0.2, 0.25) is 0 Å². The molecule has 0 aliphatic carbocycles. The van der Waals surface area contributed by atoms with E-state index in [0.29, 0.717) is 18.7 Å². The van der Waals surface area contributed by atoms with Crippen molar-refractivity contribution in [2.75, 3.05) is 11.9 Å². The molecule has 2 heterocycles. The molecule has 2 aromatic heterocycles. The average Bonchev–Trinajstić information content (AvgIpc) is 3.06. The van der Waals surface area contributed by atoms with Crippen LogP contribution in [0.5, 0.6) is 0 Å². The lowest BCUT2D eigenvalue weighted by molar-refractivity contribution is 0.0955. The SMILES string of the molecule is CCNC(=O)c1ccc(NCc2cccc(Cn3ccnc3C)c2)nc1. The molecule has 1 aromatic carbocycles. The molecular weight excluding hydrogens is 326 g/mol. The van der Waals surface area contributed by atoms with E-state index in [4.69, 9.17) is 0 Å². The third-order valence-corrected chi connectivity index (χ3v) is 4.10. The number of hydrogen-bond donors (Lipinski definition) is 2. The molecule has 0 fully saturated rings. The number of rotatable bonds is 7. The van der Waals surface area contributed by atoms with Crippen LogP contribution in [0.15, 0.2) is 55.0 Å².